The van der Waals surface area contributed by atoms with E-state index in [-0.39, 0.29) is 75.4 Å². The third-order valence-electron chi connectivity index (χ3n) is 10.6. The normalized spacial score (nSPS) is 24.2. The van der Waals surface area contributed by atoms with Gasteiger partial charge in [-0.2, -0.15) is 0 Å². The number of ketones is 2. The zero-order chi connectivity index (χ0) is 39.0. The molecule has 2 heterocycles. The van der Waals surface area contributed by atoms with Gasteiger partial charge in [-0.25, -0.2) is 17.6 Å². The molecule has 53 heavy (non-hydrogen) atoms. The molecule has 3 fully saturated rings. The third-order valence-corrected chi connectivity index (χ3v) is 12.4. The van der Waals surface area contributed by atoms with Crippen LogP contribution in [-0.4, -0.2) is 83.2 Å². The number of rotatable bonds is 15. The highest BCUT2D eigenvalue weighted by Gasteiger charge is 2.61. The molecule has 5 rings (SSSR count). The molecule has 1 saturated heterocycles. The summed E-state index contributed by atoms with van der Waals surface area (Å²) in [7, 11) is -3.89. The number of nitrogens with one attached hydrogen (secondary N) is 1. The number of carbonyl (C=O) groups is 6. The van der Waals surface area contributed by atoms with Crippen molar-refractivity contribution in [3.05, 3.63) is 47.3 Å². The van der Waals surface area contributed by atoms with Crippen molar-refractivity contribution >= 4 is 45.5 Å². The number of hydrogen-bond acceptors (Lipinski definition) is 10. The number of Topliss-reactive ketones (excluding diaryl/α,β-unsaturated/α-hetero) is 2. The predicted molar refractivity (Wildman–Crippen MR) is 190 cm³/mol. The molecule has 15 heteroatoms. The van der Waals surface area contributed by atoms with E-state index in [2.05, 4.69) is 11.3 Å². The summed E-state index contributed by atoms with van der Waals surface area (Å²) in [6.45, 7) is 11.9. The Morgan fingerprint density at radius 3 is 2.40 bits per heavy atom. The van der Waals surface area contributed by atoms with Crippen LogP contribution in [0, 0.1) is 23.1 Å². The lowest BCUT2D eigenvalue weighted by atomic mass is 9.90. The van der Waals surface area contributed by atoms with E-state index in [4.69, 9.17) is 9.47 Å². The zero-order valence-electron chi connectivity index (χ0n) is 31.1. The Bertz CT molecular complexity index is 1800. The van der Waals surface area contributed by atoms with Gasteiger partial charge in [0.05, 0.1) is 36.2 Å². The van der Waals surface area contributed by atoms with Crippen molar-refractivity contribution in [3.63, 3.8) is 0 Å². The summed E-state index contributed by atoms with van der Waals surface area (Å²) >= 11 is 0. The van der Waals surface area contributed by atoms with Crippen LogP contribution in [0.3, 0.4) is 0 Å². The first-order valence-corrected chi connectivity index (χ1v) is 19.8. The number of esters is 1. The number of benzene rings is 1. The number of sulfonamides is 1. The summed E-state index contributed by atoms with van der Waals surface area (Å²) in [6.07, 6.45) is -1.04. The van der Waals surface area contributed by atoms with Gasteiger partial charge in [-0.15, -0.1) is 0 Å². The lowest BCUT2D eigenvalue weighted by Crippen LogP contribution is -2.46. The van der Waals surface area contributed by atoms with Crippen LogP contribution in [0.5, 0.6) is 0 Å². The molecule has 0 bridgehead atoms. The van der Waals surface area contributed by atoms with Crippen LogP contribution in [0.1, 0.15) is 104 Å². The molecule has 0 spiro atoms. The molecule has 1 N–H and O–H groups in total. The van der Waals surface area contributed by atoms with E-state index in [0.717, 1.165) is 0 Å². The van der Waals surface area contributed by atoms with Crippen LogP contribution in [0.2, 0.25) is 0 Å². The number of carbonyl (C=O) groups excluding carboxylic acids is 6. The first kappa shape index (κ1) is 40.1. The fourth-order valence-electron chi connectivity index (χ4n) is 7.42. The standard InChI is InChI=1S/C38H50FN3O10S/c1-7-25-17-38(25,35(47)40-53(49,50)27-12-13-27)18-32(44)30-16-26(51-36(48)41-19-24-9-8-10-29(39)28(24)21-41)20-42(30)34(46)23(11-14-31(43)22(2)3)15-33(45)52-37(4,5)6/h8-10,23,25-27,30H,2,7,11-21H2,1,3-6H3,(H,40,47)/t23-,25-,26?,30+,38-/m1/s1. The first-order valence-electron chi connectivity index (χ1n) is 18.3. The molecule has 1 aromatic carbocycles. The van der Waals surface area contributed by atoms with Crippen molar-refractivity contribution in [3.8, 4) is 0 Å². The molecule has 1 unspecified atom stereocenters. The Morgan fingerprint density at radius 1 is 1.11 bits per heavy atom. The first-order chi connectivity index (χ1) is 24.7. The van der Waals surface area contributed by atoms with Gasteiger partial charge in [0.1, 0.15) is 17.5 Å². The Morgan fingerprint density at radius 2 is 1.81 bits per heavy atom. The second-order valence-electron chi connectivity index (χ2n) is 16.0. The molecule has 0 radical (unpaired) electrons. The summed E-state index contributed by atoms with van der Waals surface area (Å²) < 4.78 is 53.3. The molecule has 4 aliphatic rings. The van der Waals surface area contributed by atoms with Gasteiger partial charge >= 0.3 is 12.1 Å². The van der Waals surface area contributed by atoms with Crippen LogP contribution in [0.25, 0.3) is 0 Å². The summed E-state index contributed by atoms with van der Waals surface area (Å²) in [5.74, 6) is -4.66. The lowest BCUT2D eigenvalue weighted by Gasteiger charge is -2.29. The summed E-state index contributed by atoms with van der Waals surface area (Å²) in [4.78, 5) is 83.7. The summed E-state index contributed by atoms with van der Waals surface area (Å²) in [6, 6.07) is 3.38. The van der Waals surface area contributed by atoms with Gasteiger partial charge in [0.2, 0.25) is 21.8 Å². The van der Waals surface area contributed by atoms with E-state index in [1.54, 1.807) is 32.9 Å². The average Bonchev–Trinajstić information content (AvgIpc) is 3.96. The zero-order valence-corrected chi connectivity index (χ0v) is 31.9. The highest BCUT2D eigenvalue weighted by atomic mass is 32.2. The number of ether oxygens (including phenoxy) is 2. The van der Waals surface area contributed by atoms with Gasteiger partial charge < -0.3 is 14.4 Å². The van der Waals surface area contributed by atoms with Crippen LogP contribution in [0.4, 0.5) is 9.18 Å². The fraction of sp³-hybridized carbons (Fsp3) is 0.632. The van der Waals surface area contributed by atoms with Crippen molar-refractivity contribution < 1.29 is 51.0 Å². The Kier molecular flexibility index (Phi) is 11.6. The number of fused-ring (bicyclic) bond motifs is 1. The highest BCUT2D eigenvalue weighted by molar-refractivity contribution is 7.90. The second kappa shape index (κ2) is 15.3. The summed E-state index contributed by atoms with van der Waals surface area (Å²) in [5, 5.41) is -0.644. The number of allylic oxidation sites excluding steroid dienone is 1. The Balaban J connectivity index is 1.39. The van der Waals surface area contributed by atoms with Crippen molar-refractivity contribution in [1.29, 1.82) is 0 Å². The maximum atomic E-state index is 14.4. The van der Waals surface area contributed by atoms with Crippen LogP contribution >= 0.6 is 0 Å². The van der Waals surface area contributed by atoms with E-state index >= 15 is 0 Å². The SMILES string of the molecule is C=C(C)C(=O)CC[C@H](CC(=O)OC(C)(C)C)C(=O)N1CC(OC(=O)N2Cc3cccc(F)c3C2)C[C@H]1C(=O)C[C@]1(C(=O)NS(=O)(=O)C2CC2)C[C@H]1CC. The molecule has 2 aliphatic heterocycles. The lowest BCUT2D eigenvalue weighted by molar-refractivity contribution is -0.159. The highest BCUT2D eigenvalue weighted by Crippen LogP contribution is 2.58. The minimum Gasteiger partial charge on any atom is -0.460 e. The topological polar surface area (TPSA) is 174 Å². The number of likely N-dealkylation sites (tertiary alicyclic amines) is 1. The Labute approximate surface area is 310 Å². The molecular weight excluding hydrogens is 709 g/mol. The van der Waals surface area contributed by atoms with Gasteiger partial charge in [-0.1, -0.05) is 32.1 Å². The van der Waals surface area contributed by atoms with E-state index in [0.29, 0.717) is 30.4 Å². The van der Waals surface area contributed by atoms with Crippen molar-refractivity contribution in [1.82, 2.24) is 14.5 Å². The molecule has 3 amide bonds. The molecular formula is C38H50FN3O10S. The van der Waals surface area contributed by atoms with Gasteiger partial charge in [-0.3, -0.25) is 33.6 Å². The molecule has 13 nitrogen and oxygen atoms in total. The second-order valence-corrected chi connectivity index (χ2v) is 18.0. The van der Waals surface area contributed by atoms with E-state index in [1.807, 2.05) is 6.92 Å². The van der Waals surface area contributed by atoms with Crippen molar-refractivity contribution in [2.75, 3.05) is 6.54 Å². The van der Waals surface area contributed by atoms with E-state index < -0.39 is 79.8 Å². The molecule has 0 aromatic heterocycles. The molecule has 290 valence electrons. The number of hydrogen-bond donors (Lipinski definition) is 1. The number of amides is 3. The number of halogens is 1. The molecule has 5 atom stereocenters. The maximum absolute atomic E-state index is 14.4. The minimum atomic E-state index is -3.89. The fourth-order valence-corrected chi connectivity index (χ4v) is 8.81. The van der Waals surface area contributed by atoms with Crippen LogP contribution in [-0.2, 0) is 56.6 Å². The minimum absolute atomic E-state index is 0.0208. The van der Waals surface area contributed by atoms with E-state index in [1.165, 1.54) is 22.8 Å². The smallest absolute Gasteiger partial charge is 0.410 e. The van der Waals surface area contributed by atoms with Gasteiger partial charge in [0, 0.05) is 37.3 Å². The monoisotopic (exact) mass is 759 g/mol. The van der Waals surface area contributed by atoms with Gasteiger partial charge in [0.15, 0.2) is 11.6 Å². The third kappa shape index (κ3) is 9.33. The average molecular weight is 760 g/mol. The largest absolute Gasteiger partial charge is 0.460 e. The molecule has 2 aliphatic carbocycles. The maximum Gasteiger partial charge on any atom is 0.410 e. The van der Waals surface area contributed by atoms with E-state index in [9.17, 15) is 41.6 Å². The van der Waals surface area contributed by atoms with Crippen molar-refractivity contribution in [2.24, 2.45) is 17.3 Å². The van der Waals surface area contributed by atoms with Gasteiger partial charge in [0.25, 0.3) is 0 Å². The van der Waals surface area contributed by atoms with Crippen molar-refractivity contribution in [2.45, 2.75) is 128 Å². The Hall–Kier alpha value is -4.14. The summed E-state index contributed by atoms with van der Waals surface area (Å²) in [5.41, 5.74) is -0.858. The quantitative estimate of drug-likeness (QED) is 0.198. The molecule has 1 aromatic rings. The van der Waals surface area contributed by atoms with Crippen LogP contribution in [0.15, 0.2) is 30.4 Å². The van der Waals surface area contributed by atoms with Gasteiger partial charge in [-0.05, 0) is 76.5 Å². The van der Waals surface area contributed by atoms with Crippen LogP contribution < -0.4 is 4.72 Å². The molecule has 2 saturated carbocycles. The predicted octanol–water partition coefficient (Wildman–Crippen LogP) is 4.50. The number of nitrogens with zero attached hydrogens (tertiary/aromatic N) is 2.